The molecule has 0 unspecified atom stereocenters. The summed E-state index contributed by atoms with van der Waals surface area (Å²) in [4.78, 5) is 37.7. The van der Waals surface area contributed by atoms with Gasteiger partial charge in [-0.3, -0.25) is 19.8 Å². The quantitative estimate of drug-likeness (QED) is 0.377. The molecule has 1 saturated heterocycles. The summed E-state index contributed by atoms with van der Waals surface area (Å²) in [5, 5.41) is 11.4. The number of nitrogens with one attached hydrogen (secondary N) is 1. The van der Waals surface area contributed by atoms with Gasteiger partial charge in [0.05, 0.1) is 29.9 Å². The highest BCUT2D eigenvalue weighted by molar-refractivity contribution is 9.10. The summed E-state index contributed by atoms with van der Waals surface area (Å²) in [5.74, 6) is -1.48. The van der Waals surface area contributed by atoms with Crippen LogP contribution in [0.1, 0.15) is 15.9 Å². The van der Waals surface area contributed by atoms with Gasteiger partial charge in [-0.25, -0.2) is 4.79 Å². The van der Waals surface area contributed by atoms with E-state index in [2.05, 4.69) is 21.2 Å². The summed E-state index contributed by atoms with van der Waals surface area (Å²) in [6.45, 7) is 0. The fourth-order valence-electron chi connectivity index (χ4n) is 2.80. The lowest BCUT2D eigenvalue weighted by molar-refractivity contribution is -0.122. The summed E-state index contributed by atoms with van der Waals surface area (Å²) in [6.07, 6.45) is 1.39. The summed E-state index contributed by atoms with van der Waals surface area (Å²) in [6, 6.07) is 8.84. The first-order valence-corrected chi connectivity index (χ1v) is 9.63. The number of aromatic carboxylic acids is 1. The number of thiocarbonyl (C=S) groups is 1. The molecule has 0 radical (unpaired) electrons. The van der Waals surface area contributed by atoms with Gasteiger partial charge >= 0.3 is 5.97 Å². The zero-order chi connectivity index (χ0) is 22.0. The topological polar surface area (TPSA) is 105 Å². The van der Waals surface area contributed by atoms with Crippen LogP contribution in [0.4, 0.5) is 5.69 Å². The number of hydrogen-bond donors (Lipinski definition) is 2. The Kier molecular flexibility index (Phi) is 6.18. The molecule has 1 fully saturated rings. The zero-order valence-corrected chi connectivity index (χ0v) is 18.2. The summed E-state index contributed by atoms with van der Waals surface area (Å²) in [5.41, 5.74) is 0.685. The third-order valence-electron chi connectivity index (χ3n) is 4.28. The molecule has 2 aromatic rings. The molecule has 1 aliphatic rings. The van der Waals surface area contributed by atoms with Crippen molar-refractivity contribution in [2.45, 2.75) is 0 Å². The Labute approximate surface area is 185 Å². The molecule has 10 heteroatoms. The number of benzene rings is 2. The minimum absolute atomic E-state index is 0.0572. The lowest BCUT2D eigenvalue weighted by Gasteiger charge is -2.29. The van der Waals surface area contributed by atoms with Gasteiger partial charge in [-0.1, -0.05) is 0 Å². The molecule has 1 aliphatic heterocycles. The number of hydrogen-bond acceptors (Lipinski definition) is 6. The molecule has 0 saturated carbocycles. The number of halogens is 1. The number of carbonyl (C=O) groups excluding carboxylic acids is 2. The Morgan fingerprint density at radius 3 is 2.33 bits per heavy atom. The SMILES string of the molecule is COc1cc(OC)c(/C=C2\C(=O)NC(=S)N(c3ccc(C(=O)O)cc3)C2=O)cc1Br. The van der Waals surface area contributed by atoms with E-state index < -0.39 is 17.8 Å². The molecule has 30 heavy (non-hydrogen) atoms. The van der Waals surface area contributed by atoms with Crippen LogP contribution >= 0.6 is 28.1 Å². The molecule has 2 N–H and O–H groups in total. The number of methoxy groups -OCH3 is 2. The van der Waals surface area contributed by atoms with Crippen molar-refractivity contribution in [3.63, 3.8) is 0 Å². The van der Waals surface area contributed by atoms with Crippen LogP contribution in [0.15, 0.2) is 46.4 Å². The lowest BCUT2D eigenvalue weighted by atomic mass is 10.1. The Morgan fingerprint density at radius 1 is 1.13 bits per heavy atom. The van der Waals surface area contributed by atoms with E-state index >= 15 is 0 Å². The van der Waals surface area contributed by atoms with Crippen LogP contribution in [0.2, 0.25) is 0 Å². The number of carbonyl (C=O) groups is 3. The number of rotatable bonds is 5. The number of carboxylic acid groups (broad SMARTS) is 1. The highest BCUT2D eigenvalue weighted by Crippen LogP contribution is 2.34. The Bertz CT molecular complexity index is 1100. The predicted octanol–water partition coefficient (Wildman–Crippen LogP) is 3.00. The van der Waals surface area contributed by atoms with E-state index in [1.165, 1.54) is 44.6 Å². The molecule has 0 aliphatic carbocycles. The van der Waals surface area contributed by atoms with E-state index in [1.54, 1.807) is 12.1 Å². The molecule has 0 atom stereocenters. The Balaban J connectivity index is 2.04. The Hall–Kier alpha value is -3.24. The summed E-state index contributed by atoms with van der Waals surface area (Å²) in [7, 11) is 2.96. The van der Waals surface area contributed by atoms with Gasteiger partial charge in [0.2, 0.25) is 0 Å². The first-order valence-electron chi connectivity index (χ1n) is 8.43. The van der Waals surface area contributed by atoms with Crippen LogP contribution in [-0.2, 0) is 9.59 Å². The fourth-order valence-corrected chi connectivity index (χ4v) is 3.60. The maximum atomic E-state index is 13.1. The van der Waals surface area contributed by atoms with Gasteiger partial charge in [0, 0.05) is 11.6 Å². The van der Waals surface area contributed by atoms with E-state index in [0.29, 0.717) is 27.2 Å². The van der Waals surface area contributed by atoms with Gasteiger partial charge in [0.25, 0.3) is 11.8 Å². The van der Waals surface area contributed by atoms with Crippen molar-refractivity contribution >= 4 is 62.8 Å². The monoisotopic (exact) mass is 490 g/mol. The van der Waals surface area contributed by atoms with Gasteiger partial charge in [0.15, 0.2) is 5.11 Å². The van der Waals surface area contributed by atoms with Crippen molar-refractivity contribution in [2.24, 2.45) is 0 Å². The van der Waals surface area contributed by atoms with Gasteiger partial charge in [0.1, 0.15) is 17.1 Å². The summed E-state index contributed by atoms with van der Waals surface area (Å²) < 4.78 is 11.2. The standard InChI is InChI=1S/C20H15BrN2O6S/c1-28-15-9-16(29-2)14(21)8-11(15)7-13-17(24)22-20(30)23(18(13)25)12-5-3-10(4-6-12)19(26)27/h3-9H,1-2H3,(H,26,27)(H,22,24,30)/b13-7+. The van der Waals surface area contributed by atoms with E-state index in [1.807, 2.05) is 0 Å². The fraction of sp³-hybridized carbons (Fsp3) is 0.100. The average molecular weight is 491 g/mol. The Morgan fingerprint density at radius 2 is 1.77 bits per heavy atom. The van der Waals surface area contributed by atoms with E-state index in [0.717, 1.165) is 4.90 Å². The van der Waals surface area contributed by atoms with Crippen LogP contribution in [0.25, 0.3) is 6.08 Å². The normalized spacial score (nSPS) is 15.2. The maximum Gasteiger partial charge on any atom is 0.335 e. The maximum absolute atomic E-state index is 13.1. The number of carboxylic acids is 1. The molecule has 8 nitrogen and oxygen atoms in total. The van der Waals surface area contributed by atoms with E-state index in [9.17, 15) is 14.4 Å². The average Bonchev–Trinajstić information content (AvgIpc) is 2.71. The van der Waals surface area contributed by atoms with Crippen LogP contribution in [-0.4, -0.2) is 42.2 Å². The molecule has 0 spiro atoms. The molecule has 2 amide bonds. The van der Waals surface area contributed by atoms with Crippen molar-refractivity contribution in [1.29, 1.82) is 0 Å². The highest BCUT2D eigenvalue weighted by Gasteiger charge is 2.34. The zero-order valence-electron chi connectivity index (χ0n) is 15.8. The highest BCUT2D eigenvalue weighted by atomic mass is 79.9. The van der Waals surface area contributed by atoms with E-state index in [-0.39, 0.29) is 16.2 Å². The number of nitrogens with zero attached hydrogens (tertiary/aromatic N) is 1. The molecule has 154 valence electrons. The van der Waals surface area contributed by atoms with Crippen molar-refractivity contribution in [3.05, 3.63) is 57.6 Å². The van der Waals surface area contributed by atoms with Gasteiger partial charge in [-0.2, -0.15) is 0 Å². The minimum atomic E-state index is -1.10. The molecule has 1 heterocycles. The van der Waals surface area contributed by atoms with Crippen molar-refractivity contribution < 1.29 is 29.0 Å². The van der Waals surface area contributed by atoms with Crippen LogP contribution < -0.4 is 19.7 Å². The smallest absolute Gasteiger partial charge is 0.335 e. The van der Waals surface area contributed by atoms with E-state index in [4.69, 9.17) is 26.8 Å². The first kappa shape index (κ1) is 21.5. The molecule has 0 bridgehead atoms. The molecular formula is C20H15BrN2O6S. The summed E-state index contributed by atoms with van der Waals surface area (Å²) >= 11 is 8.52. The largest absolute Gasteiger partial charge is 0.496 e. The number of anilines is 1. The van der Waals surface area contributed by atoms with Crippen molar-refractivity contribution in [3.8, 4) is 11.5 Å². The molecule has 3 rings (SSSR count). The van der Waals surface area contributed by atoms with Crippen LogP contribution in [0.3, 0.4) is 0 Å². The molecule has 2 aromatic carbocycles. The van der Waals surface area contributed by atoms with Crippen LogP contribution in [0.5, 0.6) is 11.5 Å². The van der Waals surface area contributed by atoms with Gasteiger partial charge < -0.3 is 14.6 Å². The predicted molar refractivity (Wildman–Crippen MR) is 117 cm³/mol. The lowest BCUT2D eigenvalue weighted by Crippen LogP contribution is -2.54. The van der Waals surface area contributed by atoms with Gasteiger partial charge in [-0.05, 0) is 64.6 Å². The second-order valence-electron chi connectivity index (χ2n) is 6.04. The second kappa shape index (κ2) is 8.64. The second-order valence-corrected chi connectivity index (χ2v) is 7.28. The van der Waals surface area contributed by atoms with Crippen molar-refractivity contribution in [2.75, 3.05) is 19.1 Å². The molecular weight excluding hydrogens is 476 g/mol. The van der Waals surface area contributed by atoms with Crippen molar-refractivity contribution in [1.82, 2.24) is 5.32 Å². The third-order valence-corrected chi connectivity index (χ3v) is 5.18. The van der Waals surface area contributed by atoms with Crippen LogP contribution in [0, 0.1) is 0 Å². The number of ether oxygens (including phenoxy) is 2. The third kappa shape index (κ3) is 4.05. The minimum Gasteiger partial charge on any atom is -0.496 e. The number of amides is 2. The molecule has 0 aromatic heterocycles. The van der Waals surface area contributed by atoms with Gasteiger partial charge in [-0.15, -0.1) is 0 Å². The first-order chi connectivity index (χ1) is 14.3.